The van der Waals surface area contributed by atoms with Crippen molar-refractivity contribution >= 4 is 10.9 Å². The van der Waals surface area contributed by atoms with Crippen molar-refractivity contribution in [2.45, 2.75) is 32.2 Å². The van der Waals surface area contributed by atoms with Crippen molar-refractivity contribution in [3.8, 4) is 5.88 Å². The van der Waals surface area contributed by atoms with Crippen LogP contribution in [0.3, 0.4) is 0 Å². The average Bonchev–Trinajstić information content (AvgIpc) is 2.46. The maximum absolute atomic E-state index is 5.91. The summed E-state index contributed by atoms with van der Waals surface area (Å²) in [7, 11) is 0. The highest BCUT2D eigenvalue weighted by molar-refractivity contribution is 5.79. The lowest BCUT2D eigenvalue weighted by Gasteiger charge is -2.23. The molecule has 2 aromatic rings. The minimum absolute atomic E-state index is 0.474. The molecule has 3 rings (SSSR count). The summed E-state index contributed by atoms with van der Waals surface area (Å²) in [6.45, 7) is 3.88. The topological polar surface area (TPSA) is 34.1 Å². The molecule has 19 heavy (non-hydrogen) atoms. The molecule has 0 radical (unpaired) electrons. The molecule has 100 valence electrons. The van der Waals surface area contributed by atoms with Crippen LogP contribution in [0.15, 0.2) is 30.3 Å². The standard InChI is InChI=1S/C16H20N2O/c1-12-10-13-6-2-3-8-15(13)18-16(12)19-11-14-7-4-5-9-17-14/h2-3,6,8,10,14,17H,4-5,7,9,11H2,1H3. The van der Waals surface area contributed by atoms with Crippen LogP contribution in [-0.4, -0.2) is 24.2 Å². The maximum Gasteiger partial charge on any atom is 0.216 e. The van der Waals surface area contributed by atoms with Gasteiger partial charge in [-0.15, -0.1) is 0 Å². The van der Waals surface area contributed by atoms with Crippen molar-refractivity contribution in [1.82, 2.24) is 10.3 Å². The number of piperidine rings is 1. The fraction of sp³-hybridized carbons (Fsp3) is 0.438. The Kier molecular flexibility index (Phi) is 3.65. The van der Waals surface area contributed by atoms with Crippen LogP contribution < -0.4 is 10.1 Å². The van der Waals surface area contributed by atoms with Crippen molar-refractivity contribution < 1.29 is 4.74 Å². The minimum atomic E-state index is 0.474. The van der Waals surface area contributed by atoms with E-state index in [9.17, 15) is 0 Å². The number of benzene rings is 1. The predicted molar refractivity (Wildman–Crippen MR) is 77.6 cm³/mol. The van der Waals surface area contributed by atoms with Gasteiger partial charge < -0.3 is 10.1 Å². The molecule has 0 aliphatic carbocycles. The zero-order chi connectivity index (χ0) is 13.1. The average molecular weight is 256 g/mol. The van der Waals surface area contributed by atoms with Gasteiger partial charge in [0.05, 0.1) is 5.52 Å². The molecule has 1 fully saturated rings. The van der Waals surface area contributed by atoms with Crippen LogP contribution in [0.2, 0.25) is 0 Å². The molecule has 1 unspecified atom stereocenters. The fourth-order valence-electron chi connectivity index (χ4n) is 2.60. The zero-order valence-corrected chi connectivity index (χ0v) is 11.4. The first-order valence-corrected chi connectivity index (χ1v) is 7.05. The van der Waals surface area contributed by atoms with Crippen molar-refractivity contribution in [1.29, 1.82) is 0 Å². The van der Waals surface area contributed by atoms with E-state index in [1.54, 1.807) is 0 Å². The van der Waals surface area contributed by atoms with Gasteiger partial charge in [-0.3, -0.25) is 0 Å². The van der Waals surface area contributed by atoms with Gasteiger partial charge in [-0.05, 0) is 38.4 Å². The summed E-state index contributed by atoms with van der Waals surface area (Å²) in [5.74, 6) is 0.770. The number of pyridine rings is 1. The largest absolute Gasteiger partial charge is 0.476 e. The van der Waals surface area contributed by atoms with Crippen LogP contribution >= 0.6 is 0 Å². The second-order valence-corrected chi connectivity index (χ2v) is 5.26. The molecular formula is C16H20N2O. The van der Waals surface area contributed by atoms with E-state index in [1.807, 2.05) is 18.2 Å². The van der Waals surface area contributed by atoms with Crippen LogP contribution in [-0.2, 0) is 0 Å². The van der Waals surface area contributed by atoms with Crippen molar-refractivity contribution in [2.24, 2.45) is 0 Å². The Hall–Kier alpha value is -1.61. The van der Waals surface area contributed by atoms with Crippen LogP contribution in [0.25, 0.3) is 10.9 Å². The molecule has 0 saturated carbocycles. The predicted octanol–water partition coefficient (Wildman–Crippen LogP) is 3.06. The fourth-order valence-corrected chi connectivity index (χ4v) is 2.60. The van der Waals surface area contributed by atoms with Gasteiger partial charge in [0.2, 0.25) is 5.88 Å². The SMILES string of the molecule is Cc1cc2ccccc2nc1OCC1CCCCN1. The van der Waals surface area contributed by atoms with Crippen molar-refractivity contribution in [3.63, 3.8) is 0 Å². The van der Waals surface area contributed by atoms with Crippen molar-refractivity contribution in [3.05, 3.63) is 35.9 Å². The molecule has 1 saturated heterocycles. The number of aromatic nitrogens is 1. The van der Waals surface area contributed by atoms with Crippen LogP contribution in [0, 0.1) is 6.92 Å². The van der Waals surface area contributed by atoms with E-state index in [0.29, 0.717) is 12.6 Å². The number of nitrogens with zero attached hydrogens (tertiary/aromatic N) is 1. The maximum atomic E-state index is 5.91. The Morgan fingerprint density at radius 2 is 2.21 bits per heavy atom. The second-order valence-electron chi connectivity index (χ2n) is 5.26. The normalized spacial score (nSPS) is 19.5. The Morgan fingerprint density at radius 1 is 1.32 bits per heavy atom. The lowest BCUT2D eigenvalue weighted by molar-refractivity contribution is 0.231. The summed E-state index contributed by atoms with van der Waals surface area (Å²) in [6.07, 6.45) is 3.78. The number of hydrogen-bond acceptors (Lipinski definition) is 3. The monoisotopic (exact) mass is 256 g/mol. The molecule has 1 aromatic carbocycles. The van der Waals surface area contributed by atoms with E-state index in [1.165, 1.54) is 24.6 Å². The zero-order valence-electron chi connectivity index (χ0n) is 11.4. The quantitative estimate of drug-likeness (QED) is 0.916. The number of rotatable bonds is 3. The molecule has 0 bridgehead atoms. The van der Waals surface area contributed by atoms with E-state index in [0.717, 1.165) is 23.5 Å². The number of nitrogens with one attached hydrogen (secondary N) is 1. The van der Waals surface area contributed by atoms with Crippen LogP contribution in [0.1, 0.15) is 24.8 Å². The molecule has 3 nitrogen and oxygen atoms in total. The summed E-state index contributed by atoms with van der Waals surface area (Å²) in [5, 5.41) is 4.66. The van der Waals surface area contributed by atoms with Gasteiger partial charge in [0.1, 0.15) is 6.61 Å². The van der Waals surface area contributed by atoms with E-state index in [-0.39, 0.29) is 0 Å². The number of ether oxygens (including phenoxy) is 1. The molecule has 3 heteroatoms. The number of aryl methyl sites for hydroxylation is 1. The highest BCUT2D eigenvalue weighted by Crippen LogP contribution is 2.21. The minimum Gasteiger partial charge on any atom is -0.476 e. The first-order chi connectivity index (χ1) is 9.33. The van der Waals surface area contributed by atoms with Gasteiger partial charge >= 0.3 is 0 Å². The first kappa shape index (κ1) is 12.4. The lowest BCUT2D eigenvalue weighted by atomic mass is 10.1. The summed E-state index contributed by atoms with van der Waals surface area (Å²) in [4.78, 5) is 4.61. The van der Waals surface area contributed by atoms with E-state index in [4.69, 9.17) is 4.74 Å². The highest BCUT2D eigenvalue weighted by Gasteiger charge is 2.14. The summed E-state index contributed by atoms with van der Waals surface area (Å²) in [5.41, 5.74) is 2.11. The molecule has 1 aliphatic heterocycles. The molecule has 2 heterocycles. The van der Waals surface area contributed by atoms with Gasteiger partial charge in [0, 0.05) is 17.0 Å². The summed E-state index contributed by atoms with van der Waals surface area (Å²) in [6, 6.07) is 10.8. The number of para-hydroxylation sites is 1. The van der Waals surface area contributed by atoms with Crippen molar-refractivity contribution in [2.75, 3.05) is 13.2 Å². The summed E-state index contributed by atoms with van der Waals surface area (Å²) >= 11 is 0. The Labute approximate surface area is 114 Å². The van der Waals surface area contributed by atoms with E-state index < -0.39 is 0 Å². The Morgan fingerprint density at radius 3 is 3.05 bits per heavy atom. The van der Waals surface area contributed by atoms with E-state index in [2.05, 4.69) is 29.4 Å². The third-order valence-electron chi connectivity index (χ3n) is 3.70. The third kappa shape index (κ3) is 2.87. The van der Waals surface area contributed by atoms with Crippen LogP contribution in [0.4, 0.5) is 0 Å². The van der Waals surface area contributed by atoms with Gasteiger partial charge in [-0.25, -0.2) is 4.98 Å². The summed E-state index contributed by atoms with van der Waals surface area (Å²) < 4.78 is 5.91. The lowest BCUT2D eigenvalue weighted by Crippen LogP contribution is -2.38. The number of hydrogen-bond donors (Lipinski definition) is 1. The first-order valence-electron chi connectivity index (χ1n) is 7.05. The molecule has 1 aliphatic rings. The van der Waals surface area contributed by atoms with Gasteiger partial charge in [0.25, 0.3) is 0 Å². The highest BCUT2D eigenvalue weighted by atomic mass is 16.5. The number of fused-ring (bicyclic) bond motifs is 1. The smallest absolute Gasteiger partial charge is 0.216 e. The van der Waals surface area contributed by atoms with Crippen LogP contribution in [0.5, 0.6) is 5.88 Å². The van der Waals surface area contributed by atoms with Gasteiger partial charge in [-0.1, -0.05) is 24.6 Å². The van der Waals surface area contributed by atoms with Gasteiger partial charge in [0.15, 0.2) is 0 Å². The van der Waals surface area contributed by atoms with E-state index >= 15 is 0 Å². The second kappa shape index (κ2) is 5.57. The Bertz CT molecular complexity index is 562. The molecular weight excluding hydrogens is 236 g/mol. The Balaban J connectivity index is 1.74. The molecule has 1 aromatic heterocycles. The molecule has 0 spiro atoms. The molecule has 1 atom stereocenters. The third-order valence-corrected chi connectivity index (χ3v) is 3.70. The molecule has 1 N–H and O–H groups in total. The van der Waals surface area contributed by atoms with Gasteiger partial charge in [-0.2, -0.15) is 0 Å². The molecule has 0 amide bonds.